The van der Waals surface area contributed by atoms with Crippen LogP contribution in [0.1, 0.15) is 24.4 Å². The van der Waals surface area contributed by atoms with Crippen LogP contribution in [0.5, 0.6) is 0 Å². The van der Waals surface area contributed by atoms with Gasteiger partial charge in [0, 0.05) is 32.8 Å². The fourth-order valence-electron chi connectivity index (χ4n) is 3.55. The van der Waals surface area contributed by atoms with Crippen LogP contribution in [0.4, 0.5) is 4.39 Å². The van der Waals surface area contributed by atoms with Crippen LogP contribution in [-0.2, 0) is 11.2 Å². The van der Waals surface area contributed by atoms with Crippen molar-refractivity contribution in [2.24, 2.45) is 4.99 Å². The number of pyridine rings is 1. The maximum atomic E-state index is 13.3. The van der Waals surface area contributed by atoms with Gasteiger partial charge in [-0.3, -0.25) is 9.98 Å². The van der Waals surface area contributed by atoms with Gasteiger partial charge in [0.25, 0.3) is 5.89 Å². The van der Waals surface area contributed by atoms with Gasteiger partial charge in [0.1, 0.15) is 17.6 Å². The number of guanidine groups is 1. The summed E-state index contributed by atoms with van der Waals surface area (Å²) in [7, 11) is 1.75. The molecule has 0 spiro atoms. The van der Waals surface area contributed by atoms with Gasteiger partial charge in [0.05, 0.1) is 12.6 Å². The van der Waals surface area contributed by atoms with Crippen LogP contribution in [0.2, 0.25) is 0 Å². The normalized spacial score (nSPS) is 19.5. The Morgan fingerprint density at radius 1 is 1.23 bits per heavy atom. The third-order valence-corrected chi connectivity index (χ3v) is 5.00. The Morgan fingerprint density at radius 2 is 2.06 bits per heavy atom. The zero-order valence-electron chi connectivity index (χ0n) is 17.5. The first-order valence-corrected chi connectivity index (χ1v) is 10.2. The van der Waals surface area contributed by atoms with Crippen molar-refractivity contribution in [3.05, 3.63) is 65.9 Å². The molecule has 31 heavy (non-hydrogen) atoms. The lowest BCUT2D eigenvalue weighted by molar-refractivity contribution is -0.0604. The molecule has 0 radical (unpaired) electrons. The van der Waals surface area contributed by atoms with Gasteiger partial charge in [-0.2, -0.15) is 4.98 Å². The van der Waals surface area contributed by atoms with E-state index in [1.54, 1.807) is 25.4 Å². The standard InChI is InChI=1S/C22H25FN6O2/c1-15-13-29(14-19(30-15)16-6-8-17(23)9-7-16)22(24-2)26-12-10-20-27-21(31-28-20)18-5-3-4-11-25-18/h3-9,11,15,19H,10,12-14H2,1-2H3,(H,24,26). The van der Waals surface area contributed by atoms with Crippen LogP contribution < -0.4 is 5.32 Å². The van der Waals surface area contributed by atoms with Crippen LogP contribution in [0.3, 0.4) is 0 Å². The lowest BCUT2D eigenvalue weighted by atomic mass is 10.1. The predicted molar refractivity (Wildman–Crippen MR) is 114 cm³/mol. The second kappa shape index (κ2) is 9.65. The Labute approximate surface area is 180 Å². The van der Waals surface area contributed by atoms with Gasteiger partial charge < -0.3 is 19.5 Å². The highest BCUT2D eigenvalue weighted by Crippen LogP contribution is 2.25. The molecule has 3 aromatic rings. The van der Waals surface area contributed by atoms with Crippen molar-refractivity contribution in [1.29, 1.82) is 0 Å². The van der Waals surface area contributed by atoms with Crippen LogP contribution >= 0.6 is 0 Å². The Hall–Kier alpha value is -3.33. The lowest BCUT2D eigenvalue weighted by Crippen LogP contribution is -2.51. The monoisotopic (exact) mass is 424 g/mol. The SMILES string of the molecule is CN=C(NCCc1noc(-c2ccccn2)n1)N1CC(C)OC(c2ccc(F)cc2)C1. The van der Waals surface area contributed by atoms with Gasteiger partial charge in [0.15, 0.2) is 11.8 Å². The predicted octanol–water partition coefficient (Wildman–Crippen LogP) is 2.85. The molecule has 2 atom stereocenters. The molecule has 9 heteroatoms. The van der Waals surface area contributed by atoms with Gasteiger partial charge in [-0.25, -0.2) is 4.39 Å². The maximum Gasteiger partial charge on any atom is 0.276 e. The smallest absolute Gasteiger partial charge is 0.276 e. The van der Waals surface area contributed by atoms with E-state index in [4.69, 9.17) is 9.26 Å². The van der Waals surface area contributed by atoms with E-state index < -0.39 is 0 Å². The summed E-state index contributed by atoms with van der Waals surface area (Å²) in [6, 6.07) is 12.0. The van der Waals surface area contributed by atoms with Crippen molar-refractivity contribution in [2.45, 2.75) is 25.6 Å². The molecule has 2 unspecified atom stereocenters. The fraction of sp³-hybridized carbons (Fsp3) is 0.364. The van der Waals surface area contributed by atoms with Crippen molar-refractivity contribution in [2.75, 3.05) is 26.7 Å². The summed E-state index contributed by atoms with van der Waals surface area (Å²) < 4.78 is 24.6. The number of morpholine rings is 1. The largest absolute Gasteiger partial charge is 0.367 e. The molecule has 1 fully saturated rings. The maximum absolute atomic E-state index is 13.3. The molecule has 8 nitrogen and oxygen atoms in total. The summed E-state index contributed by atoms with van der Waals surface area (Å²) in [5.74, 6) is 1.53. The first kappa shape index (κ1) is 20.9. The molecule has 1 saturated heterocycles. The van der Waals surface area contributed by atoms with Crippen LogP contribution in [-0.4, -0.2) is 58.8 Å². The van der Waals surface area contributed by atoms with Gasteiger partial charge in [0.2, 0.25) is 0 Å². The van der Waals surface area contributed by atoms with Gasteiger partial charge in [-0.1, -0.05) is 23.4 Å². The van der Waals surface area contributed by atoms with Crippen LogP contribution in [0.15, 0.2) is 58.2 Å². The van der Waals surface area contributed by atoms with E-state index in [1.165, 1.54) is 12.1 Å². The molecular formula is C22H25FN6O2. The lowest BCUT2D eigenvalue weighted by Gasteiger charge is -2.38. The number of hydrogen-bond acceptors (Lipinski definition) is 6. The first-order valence-electron chi connectivity index (χ1n) is 10.2. The number of halogens is 1. The van der Waals surface area contributed by atoms with E-state index >= 15 is 0 Å². The number of rotatable bonds is 5. The van der Waals surface area contributed by atoms with Gasteiger partial charge >= 0.3 is 0 Å². The molecule has 0 saturated carbocycles. The summed E-state index contributed by atoms with van der Waals surface area (Å²) in [6.45, 7) is 3.96. The average Bonchev–Trinajstić information content (AvgIpc) is 3.26. The Kier molecular flexibility index (Phi) is 6.51. The number of ether oxygens (including phenoxy) is 1. The van der Waals surface area contributed by atoms with Crippen molar-refractivity contribution < 1.29 is 13.7 Å². The topological polar surface area (TPSA) is 88.7 Å². The minimum absolute atomic E-state index is 0.0143. The summed E-state index contributed by atoms with van der Waals surface area (Å²) in [6.07, 6.45) is 2.13. The average molecular weight is 424 g/mol. The summed E-state index contributed by atoms with van der Waals surface area (Å²) >= 11 is 0. The molecule has 1 N–H and O–H groups in total. The second-order valence-electron chi connectivity index (χ2n) is 7.35. The number of nitrogens with one attached hydrogen (secondary N) is 1. The Balaban J connectivity index is 1.34. The molecule has 1 aromatic carbocycles. The zero-order valence-corrected chi connectivity index (χ0v) is 17.5. The number of aromatic nitrogens is 3. The molecule has 0 aliphatic carbocycles. The molecule has 0 bridgehead atoms. The summed E-state index contributed by atoms with van der Waals surface area (Å²) in [4.78, 5) is 15.2. The molecule has 4 rings (SSSR count). The summed E-state index contributed by atoms with van der Waals surface area (Å²) in [5, 5.41) is 7.39. The minimum Gasteiger partial charge on any atom is -0.367 e. The zero-order chi connectivity index (χ0) is 21.6. The molecule has 0 amide bonds. The molecule has 162 valence electrons. The Morgan fingerprint density at radius 3 is 2.81 bits per heavy atom. The van der Waals surface area contributed by atoms with Gasteiger partial charge in [-0.05, 0) is 36.8 Å². The van der Waals surface area contributed by atoms with Gasteiger partial charge in [-0.15, -0.1) is 0 Å². The van der Waals surface area contributed by atoms with Crippen LogP contribution in [0.25, 0.3) is 11.6 Å². The molecular weight excluding hydrogens is 399 g/mol. The van der Waals surface area contributed by atoms with Crippen molar-refractivity contribution in [3.8, 4) is 11.6 Å². The van der Waals surface area contributed by atoms with Crippen molar-refractivity contribution in [3.63, 3.8) is 0 Å². The third-order valence-electron chi connectivity index (χ3n) is 5.00. The summed E-state index contributed by atoms with van der Waals surface area (Å²) in [5.41, 5.74) is 1.60. The highest BCUT2D eigenvalue weighted by molar-refractivity contribution is 5.80. The number of aliphatic imine (C=N–C) groups is 1. The third kappa shape index (κ3) is 5.24. The van der Waals surface area contributed by atoms with Crippen molar-refractivity contribution >= 4 is 5.96 Å². The molecule has 1 aliphatic heterocycles. The number of nitrogens with zero attached hydrogens (tertiary/aromatic N) is 5. The molecule has 3 heterocycles. The Bertz CT molecular complexity index is 1010. The molecule has 1 aliphatic rings. The van der Waals surface area contributed by atoms with E-state index in [9.17, 15) is 4.39 Å². The number of benzene rings is 1. The highest BCUT2D eigenvalue weighted by Gasteiger charge is 2.28. The minimum atomic E-state index is -0.255. The van der Waals surface area contributed by atoms with E-state index in [2.05, 4.69) is 30.3 Å². The number of hydrogen-bond donors (Lipinski definition) is 1. The van der Waals surface area contributed by atoms with E-state index in [-0.39, 0.29) is 18.0 Å². The van der Waals surface area contributed by atoms with Crippen LogP contribution in [0, 0.1) is 5.82 Å². The quantitative estimate of drug-likeness (QED) is 0.498. The first-order chi connectivity index (χ1) is 15.1. The highest BCUT2D eigenvalue weighted by atomic mass is 19.1. The fourth-order valence-corrected chi connectivity index (χ4v) is 3.55. The van der Waals surface area contributed by atoms with E-state index in [0.29, 0.717) is 43.5 Å². The molecule has 2 aromatic heterocycles. The van der Waals surface area contributed by atoms with E-state index in [0.717, 1.165) is 11.5 Å². The van der Waals surface area contributed by atoms with Crippen molar-refractivity contribution in [1.82, 2.24) is 25.3 Å². The second-order valence-corrected chi connectivity index (χ2v) is 7.35. The van der Waals surface area contributed by atoms with E-state index in [1.807, 2.05) is 25.1 Å².